The van der Waals surface area contributed by atoms with Crippen LogP contribution in [0.25, 0.3) is 0 Å². The van der Waals surface area contributed by atoms with Crippen LogP contribution in [0.2, 0.25) is 0 Å². The predicted molar refractivity (Wildman–Crippen MR) is 84.8 cm³/mol. The molecule has 0 saturated carbocycles. The third kappa shape index (κ3) is 2.77. The van der Waals surface area contributed by atoms with E-state index in [9.17, 15) is 0 Å². The number of hydrogen-bond acceptors (Lipinski definition) is 4. The SMILES string of the molecule is Cc1ccc(N(C)C(C)c2cccs2)c(/C(N)=N/O)c1. The Labute approximate surface area is 123 Å². The molecule has 1 atom stereocenters. The number of benzene rings is 1. The van der Waals surface area contributed by atoms with Gasteiger partial charge >= 0.3 is 0 Å². The molecule has 0 amide bonds. The van der Waals surface area contributed by atoms with Crippen LogP contribution in [0, 0.1) is 6.92 Å². The van der Waals surface area contributed by atoms with Crippen molar-refractivity contribution in [3.63, 3.8) is 0 Å². The number of anilines is 1. The number of nitrogens with two attached hydrogens (primary N) is 1. The lowest BCUT2D eigenvalue weighted by Gasteiger charge is -2.28. The van der Waals surface area contributed by atoms with Gasteiger partial charge in [0.25, 0.3) is 0 Å². The summed E-state index contributed by atoms with van der Waals surface area (Å²) in [7, 11) is 2.02. The molecule has 3 N–H and O–H groups in total. The third-order valence-electron chi connectivity index (χ3n) is 3.45. The lowest BCUT2D eigenvalue weighted by atomic mass is 10.1. The monoisotopic (exact) mass is 289 g/mol. The van der Waals surface area contributed by atoms with Crippen LogP contribution in [-0.2, 0) is 0 Å². The maximum absolute atomic E-state index is 8.95. The number of amidine groups is 1. The van der Waals surface area contributed by atoms with Crippen molar-refractivity contribution < 1.29 is 5.21 Å². The summed E-state index contributed by atoms with van der Waals surface area (Å²) in [5.41, 5.74) is 8.57. The van der Waals surface area contributed by atoms with Gasteiger partial charge in [-0.15, -0.1) is 11.3 Å². The van der Waals surface area contributed by atoms with Gasteiger partial charge in [0, 0.05) is 23.2 Å². The Morgan fingerprint density at radius 1 is 1.40 bits per heavy atom. The third-order valence-corrected chi connectivity index (χ3v) is 4.49. The average Bonchev–Trinajstić information content (AvgIpc) is 2.99. The molecule has 106 valence electrons. The van der Waals surface area contributed by atoms with Crippen molar-refractivity contribution in [1.29, 1.82) is 0 Å². The molecule has 20 heavy (non-hydrogen) atoms. The fourth-order valence-electron chi connectivity index (χ4n) is 2.14. The van der Waals surface area contributed by atoms with E-state index in [4.69, 9.17) is 10.9 Å². The van der Waals surface area contributed by atoms with Crippen molar-refractivity contribution >= 4 is 22.9 Å². The number of thiophene rings is 1. The van der Waals surface area contributed by atoms with Gasteiger partial charge in [-0.05, 0) is 37.4 Å². The molecule has 2 aromatic rings. The standard InChI is InChI=1S/C15H19N3OS/c1-10-6-7-13(12(9-10)15(16)17-19)18(3)11(2)14-5-4-8-20-14/h4-9,11,19H,1-3H3,(H2,16,17). The highest BCUT2D eigenvalue weighted by Crippen LogP contribution is 2.30. The first kappa shape index (κ1) is 14.4. The zero-order valence-electron chi connectivity index (χ0n) is 11.9. The van der Waals surface area contributed by atoms with Gasteiger partial charge in [0.2, 0.25) is 0 Å². The molecule has 0 aliphatic heterocycles. The smallest absolute Gasteiger partial charge is 0.172 e. The van der Waals surface area contributed by atoms with E-state index in [1.54, 1.807) is 11.3 Å². The molecule has 0 fully saturated rings. The molecule has 5 heteroatoms. The molecule has 0 aliphatic carbocycles. The highest BCUT2D eigenvalue weighted by Gasteiger charge is 2.17. The van der Waals surface area contributed by atoms with E-state index in [1.807, 2.05) is 38.2 Å². The van der Waals surface area contributed by atoms with Crippen LogP contribution in [0.5, 0.6) is 0 Å². The Morgan fingerprint density at radius 2 is 2.15 bits per heavy atom. The number of rotatable bonds is 4. The minimum absolute atomic E-state index is 0.133. The summed E-state index contributed by atoms with van der Waals surface area (Å²) in [4.78, 5) is 3.41. The van der Waals surface area contributed by atoms with Crippen molar-refractivity contribution in [3.05, 3.63) is 51.7 Å². The molecule has 1 unspecified atom stereocenters. The first-order valence-corrected chi connectivity index (χ1v) is 7.27. The van der Waals surface area contributed by atoms with E-state index in [-0.39, 0.29) is 11.9 Å². The van der Waals surface area contributed by atoms with E-state index in [1.165, 1.54) is 4.88 Å². The van der Waals surface area contributed by atoms with Gasteiger partial charge < -0.3 is 15.8 Å². The first-order chi connectivity index (χ1) is 9.54. The normalized spacial score (nSPS) is 13.2. The minimum atomic E-state index is 0.133. The zero-order valence-corrected chi connectivity index (χ0v) is 12.7. The van der Waals surface area contributed by atoms with Crippen molar-refractivity contribution in [2.45, 2.75) is 19.9 Å². The number of hydrogen-bond donors (Lipinski definition) is 2. The summed E-state index contributed by atoms with van der Waals surface area (Å²) >= 11 is 1.72. The maximum Gasteiger partial charge on any atom is 0.172 e. The summed E-state index contributed by atoms with van der Waals surface area (Å²) in [6.07, 6.45) is 0. The van der Waals surface area contributed by atoms with Crippen LogP contribution in [0.15, 0.2) is 40.9 Å². The van der Waals surface area contributed by atoms with Crippen LogP contribution in [0.4, 0.5) is 5.69 Å². The average molecular weight is 289 g/mol. The summed E-state index contributed by atoms with van der Waals surface area (Å²) in [6.45, 7) is 4.13. The fourth-order valence-corrected chi connectivity index (χ4v) is 2.97. The van der Waals surface area contributed by atoms with E-state index in [2.05, 4.69) is 28.4 Å². The van der Waals surface area contributed by atoms with Gasteiger partial charge in [-0.2, -0.15) is 0 Å². The molecule has 0 saturated heterocycles. The van der Waals surface area contributed by atoms with Gasteiger partial charge in [-0.3, -0.25) is 0 Å². The quantitative estimate of drug-likeness (QED) is 0.393. The highest BCUT2D eigenvalue weighted by molar-refractivity contribution is 7.10. The fraction of sp³-hybridized carbons (Fsp3) is 0.267. The molecule has 0 aliphatic rings. The topological polar surface area (TPSA) is 61.8 Å². The molecule has 4 nitrogen and oxygen atoms in total. The van der Waals surface area contributed by atoms with Gasteiger partial charge in [0.1, 0.15) is 0 Å². The van der Waals surface area contributed by atoms with Crippen molar-refractivity contribution in [3.8, 4) is 0 Å². The molecule has 1 aromatic heterocycles. The molecule has 0 spiro atoms. The van der Waals surface area contributed by atoms with Crippen LogP contribution >= 0.6 is 11.3 Å². The highest BCUT2D eigenvalue weighted by atomic mass is 32.1. The Hall–Kier alpha value is -2.01. The maximum atomic E-state index is 8.95. The zero-order chi connectivity index (χ0) is 14.7. The second-order valence-corrected chi connectivity index (χ2v) is 5.79. The van der Waals surface area contributed by atoms with Crippen molar-refractivity contribution in [1.82, 2.24) is 0 Å². The minimum Gasteiger partial charge on any atom is -0.409 e. The molecule has 0 bridgehead atoms. The largest absolute Gasteiger partial charge is 0.409 e. The predicted octanol–water partition coefficient (Wildman–Crippen LogP) is 3.35. The number of nitrogens with zero attached hydrogens (tertiary/aromatic N) is 2. The molecular weight excluding hydrogens is 270 g/mol. The lowest BCUT2D eigenvalue weighted by Crippen LogP contribution is -2.25. The van der Waals surface area contributed by atoms with E-state index in [0.717, 1.165) is 16.8 Å². The second kappa shape index (κ2) is 5.96. The Kier molecular flexibility index (Phi) is 4.29. The van der Waals surface area contributed by atoms with Crippen LogP contribution < -0.4 is 10.6 Å². The molecular formula is C15H19N3OS. The number of aryl methyl sites for hydroxylation is 1. The molecule has 1 aromatic carbocycles. The molecule has 1 heterocycles. The van der Waals surface area contributed by atoms with Crippen LogP contribution in [0.3, 0.4) is 0 Å². The Balaban J connectivity index is 2.41. The van der Waals surface area contributed by atoms with E-state index in [0.29, 0.717) is 0 Å². The van der Waals surface area contributed by atoms with E-state index < -0.39 is 0 Å². The first-order valence-electron chi connectivity index (χ1n) is 6.39. The molecule has 0 radical (unpaired) electrons. The van der Waals surface area contributed by atoms with Gasteiger partial charge in [0.15, 0.2) is 5.84 Å². The van der Waals surface area contributed by atoms with Gasteiger partial charge in [-0.1, -0.05) is 22.9 Å². The Morgan fingerprint density at radius 3 is 2.75 bits per heavy atom. The van der Waals surface area contributed by atoms with Crippen molar-refractivity contribution in [2.75, 3.05) is 11.9 Å². The number of oxime groups is 1. The summed E-state index contributed by atoms with van der Waals surface area (Å²) in [5, 5.41) is 14.2. The summed E-state index contributed by atoms with van der Waals surface area (Å²) in [5.74, 6) is 0.133. The Bertz CT molecular complexity index is 608. The van der Waals surface area contributed by atoms with E-state index >= 15 is 0 Å². The summed E-state index contributed by atoms with van der Waals surface area (Å²) < 4.78 is 0. The van der Waals surface area contributed by atoms with Gasteiger partial charge in [-0.25, -0.2) is 0 Å². The second-order valence-electron chi connectivity index (χ2n) is 4.81. The lowest BCUT2D eigenvalue weighted by molar-refractivity contribution is 0.318. The van der Waals surface area contributed by atoms with Crippen molar-refractivity contribution in [2.24, 2.45) is 10.9 Å². The van der Waals surface area contributed by atoms with Gasteiger partial charge in [0.05, 0.1) is 6.04 Å². The molecule has 2 rings (SSSR count). The van der Waals surface area contributed by atoms with Crippen LogP contribution in [0.1, 0.15) is 29.0 Å². The van der Waals surface area contributed by atoms with Crippen LogP contribution in [-0.4, -0.2) is 18.1 Å². The summed E-state index contributed by atoms with van der Waals surface area (Å²) in [6, 6.07) is 10.4.